The highest BCUT2D eigenvalue weighted by molar-refractivity contribution is 6.44. The van der Waals surface area contributed by atoms with Gasteiger partial charge in [0.25, 0.3) is 11.8 Å². The van der Waals surface area contributed by atoms with Gasteiger partial charge in [0.05, 0.1) is 22.6 Å². The third-order valence-corrected chi connectivity index (χ3v) is 5.27. The maximum Gasteiger partial charge on any atom is 0.266 e. The van der Waals surface area contributed by atoms with Crippen LogP contribution < -0.4 is 4.90 Å². The molecule has 144 valence electrons. The monoisotopic (exact) mass is 392 g/mol. The standard InChI is InChI=1S/C25H16N2O3/c28-16-19-10-6-14-26(19)24-20-11-5-4-7-17(20)12-13-21(24)22-15-23(29)27(25(22)30)18-8-2-1-3-9-18/h1-16H. The minimum Gasteiger partial charge on any atom is -0.313 e. The Labute approximate surface area is 172 Å². The first kappa shape index (κ1) is 17.8. The van der Waals surface area contributed by atoms with Crippen molar-refractivity contribution in [1.82, 2.24) is 4.57 Å². The lowest BCUT2D eigenvalue weighted by Crippen LogP contribution is -2.30. The van der Waals surface area contributed by atoms with Gasteiger partial charge in [-0.15, -0.1) is 0 Å². The van der Waals surface area contributed by atoms with E-state index in [-0.39, 0.29) is 11.8 Å². The second-order valence-corrected chi connectivity index (χ2v) is 6.98. The van der Waals surface area contributed by atoms with Crippen molar-refractivity contribution < 1.29 is 14.4 Å². The van der Waals surface area contributed by atoms with Gasteiger partial charge in [-0.25, -0.2) is 4.90 Å². The molecule has 3 aromatic carbocycles. The average Bonchev–Trinajstić information content (AvgIpc) is 3.37. The Morgan fingerprint density at radius 2 is 1.53 bits per heavy atom. The number of benzene rings is 3. The van der Waals surface area contributed by atoms with Crippen molar-refractivity contribution in [2.75, 3.05) is 4.90 Å². The highest BCUT2D eigenvalue weighted by Crippen LogP contribution is 2.35. The molecule has 0 radical (unpaired) electrons. The van der Waals surface area contributed by atoms with Crippen LogP contribution in [0.25, 0.3) is 22.0 Å². The summed E-state index contributed by atoms with van der Waals surface area (Å²) in [6.07, 6.45) is 3.93. The molecule has 5 rings (SSSR count). The van der Waals surface area contributed by atoms with E-state index in [1.54, 1.807) is 47.2 Å². The number of amides is 2. The number of aromatic nitrogens is 1. The summed E-state index contributed by atoms with van der Waals surface area (Å²) in [7, 11) is 0. The maximum absolute atomic E-state index is 13.3. The lowest BCUT2D eigenvalue weighted by atomic mass is 9.98. The number of rotatable bonds is 4. The fourth-order valence-electron chi connectivity index (χ4n) is 3.91. The number of aldehydes is 1. The lowest BCUT2D eigenvalue weighted by Gasteiger charge is -2.18. The Morgan fingerprint density at radius 1 is 0.767 bits per heavy atom. The van der Waals surface area contributed by atoms with Gasteiger partial charge in [0.2, 0.25) is 0 Å². The summed E-state index contributed by atoms with van der Waals surface area (Å²) in [5.41, 5.74) is 2.59. The molecule has 0 unspecified atom stereocenters. The van der Waals surface area contributed by atoms with Crippen LogP contribution in [0.4, 0.5) is 5.69 Å². The normalized spacial score (nSPS) is 13.7. The smallest absolute Gasteiger partial charge is 0.266 e. The number of nitrogens with zero attached hydrogens (tertiary/aromatic N) is 2. The molecule has 0 N–H and O–H groups in total. The molecule has 5 nitrogen and oxygen atoms in total. The molecule has 2 amide bonds. The number of hydrogen-bond donors (Lipinski definition) is 0. The van der Waals surface area contributed by atoms with Crippen LogP contribution in [0.15, 0.2) is 91.1 Å². The van der Waals surface area contributed by atoms with Crippen molar-refractivity contribution in [2.45, 2.75) is 0 Å². The summed E-state index contributed by atoms with van der Waals surface area (Å²) in [6, 6.07) is 23.8. The summed E-state index contributed by atoms with van der Waals surface area (Å²) < 4.78 is 1.76. The Bertz CT molecular complexity index is 1350. The number of para-hydroxylation sites is 1. The highest BCUT2D eigenvalue weighted by atomic mass is 16.2. The minimum atomic E-state index is -0.387. The first-order valence-electron chi connectivity index (χ1n) is 9.49. The third-order valence-electron chi connectivity index (χ3n) is 5.27. The summed E-state index contributed by atoms with van der Waals surface area (Å²) >= 11 is 0. The van der Waals surface area contributed by atoms with Gasteiger partial charge >= 0.3 is 0 Å². The first-order valence-corrected chi connectivity index (χ1v) is 9.49. The topological polar surface area (TPSA) is 59.4 Å². The highest BCUT2D eigenvalue weighted by Gasteiger charge is 2.34. The summed E-state index contributed by atoms with van der Waals surface area (Å²) in [4.78, 5) is 38.8. The molecule has 1 aliphatic rings. The van der Waals surface area contributed by atoms with Gasteiger partial charge in [0, 0.05) is 23.2 Å². The van der Waals surface area contributed by atoms with Crippen molar-refractivity contribution in [2.24, 2.45) is 0 Å². The van der Waals surface area contributed by atoms with Crippen molar-refractivity contribution >= 4 is 40.1 Å². The molecule has 0 bridgehead atoms. The van der Waals surface area contributed by atoms with Gasteiger partial charge in [0.1, 0.15) is 0 Å². The van der Waals surface area contributed by atoms with Crippen molar-refractivity contribution in [3.05, 3.63) is 102 Å². The van der Waals surface area contributed by atoms with E-state index in [0.717, 1.165) is 17.1 Å². The quantitative estimate of drug-likeness (QED) is 0.382. The number of fused-ring (bicyclic) bond motifs is 1. The SMILES string of the molecule is O=Cc1cccn1-c1c(C2=CC(=O)N(c3ccccc3)C2=O)ccc2ccccc12. The second-order valence-electron chi connectivity index (χ2n) is 6.98. The number of anilines is 1. The molecule has 0 aliphatic carbocycles. The van der Waals surface area contributed by atoms with Crippen LogP contribution in [0.3, 0.4) is 0 Å². The molecule has 30 heavy (non-hydrogen) atoms. The third kappa shape index (κ3) is 2.68. The Hall–Kier alpha value is -4.25. The molecule has 2 heterocycles. The number of imide groups is 1. The molecule has 4 aromatic rings. The van der Waals surface area contributed by atoms with Crippen molar-refractivity contribution in [1.29, 1.82) is 0 Å². The van der Waals surface area contributed by atoms with Gasteiger partial charge in [-0.05, 0) is 29.7 Å². The Kier molecular flexibility index (Phi) is 4.14. The van der Waals surface area contributed by atoms with Gasteiger partial charge in [-0.1, -0.05) is 54.6 Å². The molecule has 5 heteroatoms. The molecular formula is C25H16N2O3. The van der Waals surface area contributed by atoms with Crippen LogP contribution in [0, 0.1) is 0 Å². The average molecular weight is 392 g/mol. The molecule has 0 spiro atoms. The summed E-state index contributed by atoms with van der Waals surface area (Å²) in [5.74, 6) is -0.772. The molecular weight excluding hydrogens is 376 g/mol. The predicted molar refractivity (Wildman–Crippen MR) is 116 cm³/mol. The van der Waals surface area contributed by atoms with E-state index in [1.165, 1.54) is 11.0 Å². The Morgan fingerprint density at radius 3 is 2.33 bits per heavy atom. The Balaban J connectivity index is 1.73. The fraction of sp³-hybridized carbons (Fsp3) is 0. The number of hydrogen-bond acceptors (Lipinski definition) is 3. The van der Waals surface area contributed by atoms with E-state index in [1.807, 2.05) is 42.5 Å². The zero-order valence-corrected chi connectivity index (χ0v) is 15.9. The van der Waals surface area contributed by atoms with Gasteiger partial charge in [0.15, 0.2) is 6.29 Å². The number of carbonyl (C=O) groups is 3. The van der Waals surface area contributed by atoms with Crippen LogP contribution in [0.1, 0.15) is 16.1 Å². The van der Waals surface area contributed by atoms with E-state index in [2.05, 4.69) is 0 Å². The predicted octanol–water partition coefficient (Wildman–Crippen LogP) is 4.40. The van der Waals surface area contributed by atoms with Crippen molar-refractivity contribution in [3.8, 4) is 5.69 Å². The van der Waals surface area contributed by atoms with E-state index < -0.39 is 0 Å². The van der Waals surface area contributed by atoms with Crippen LogP contribution in [0.2, 0.25) is 0 Å². The van der Waals surface area contributed by atoms with Crippen LogP contribution >= 0.6 is 0 Å². The summed E-state index contributed by atoms with van der Waals surface area (Å²) in [6.45, 7) is 0. The van der Waals surface area contributed by atoms with Gasteiger partial charge in [-0.2, -0.15) is 0 Å². The molecule has 0 saturated carbocycles. The van der Waals surface area contributed by atoms with Crippen LogP contribution in [-0.2, 0) is 9.59 Å². The maximum atomic E-state index is 13.3. The van der Waals surface area contributed by atoms with Crippen LogP contribution in [-0.4, -0.2) is 22.7 Å². The zero-order valence-electron chi connectivity index (χ0n) is 15.9. The van der Waals surface area contributed by atoms with E-state index >= 15 is 0 Å². The fourth-order valence-corrected chi connectivity index (χ4v) is 3.91. The molecule has 0 saturated heterocycles. The zero-order chi connectivity index (χ0) is 20.7. The lowest BCUT2D eigenvalue weighted by molar-refractivity contribution is -0.119. The van der Waals surface area contributed by atoms with E-state index in [4.69, 9.17) is 0 Å². The first-order chi connectivity index (χ1) is 14.7. The summed E-state index contributed by atoms with van der Waals surface area (Å²) in [5, 5.41) is 1.85. The van der Waals surface area contributed by atoms with Gasteiger partial charge in [-0.3, -0.25) is 14.4 Å². The molecule has 0 atom stereocenters. The van der Waals surface area contributed by atoms with Gasteiger partial charge < -0.3 is 4.57 Å². The van der Waals surface area contributed by atoms with E-state index in [0.29, 0.717) is 28.2 Å². The minimum absolute atomic E-state index is 0.301. The molecule has 1 aliphatic heterocycles. The van der Waals surface area contributed by atoms with Crippen molar-refractivity contribution in [3.63, 3.8) is 0 Å². The van der Waals surface area contributed by atoms with Crippen LogP contribution in [0.5, 0.6) is 0 Å². The molecule has 0 fully saturated rings. The van der Waals surface area contributed by atoms with E-state index in [9.17, 15) is 14.4 Å². The second kappa shape index (κ2) is 6.97. The molecule has 1 aromatic heterocycles. The number of carbonyl (C=O) groups excluding carboxylic acids is 3. The largest absolute Gasteiger partial charge is 0.313 e.